The summed E-state index contributed by atoms with van der Waals surface area (Å²) in [6.45, 7) is 3.29. The van der Waals surface area contributed by atoms with Gasteiger partial charge in [-0.2, -0.15) is 0 Å². The Morgan fingerprint density at radius 2 is 2.15 bits per heavy atom. The van der Waals surface area contributed by atoms with Crippen LogP contribution >= 0.6 is 24.0 Å². The van der Waals surface area contributed by atoms with E-state index in [1.54, 1.807) is 7.05 Å². The first-order valence-corrected chi connectivity index (χ1v) is 7.35. The topological polar surface area (TPSA) is 57.1 Å². The first-order chi connectivity index (χ1) is 9.13. The maximum atomic E-state index is 10.3. The lowest BCUT2D eigenvalue weighted by molar-refractivity contribution is 0.0516. The summed E-state index contributed by atoms with van der Waals surface area (Å²) in [5.74, 6) is 1.46. The standard InChI is InChI=1S/C14H27N3O2.HI/c1-15-13(16-11-14(18)6-3-4-7-14)17(2)9-12-5-8-19-10-12;/h12,18H,3-11H2,1-2H3,(H,15,16);1H. The van der Waals surface area contributed by atoms with Gasteiger partial charge in [0, 0.05) is 39.7 Å². The van der Waals surface area contributed by atoms with E-state index in [9.17, 15) is 5.11 Å². The zero-order chi connectivity index (χ0) is 13.7. The molecule has 2 N–H and O–H groups in total. The highest BCUT2D eigenvalue weighted by Crippen LogP contribution is 2.28. The lowest BCUT2D eigenvalue weighted by Crippen LogP contribution is -2.47. The van der Waals surface area contributed by atoms with E-state index in [2.05, 4.69) is 15.2 Å². The molecule has 2 aliphatic rings. The van der Waals surface area contributed by atoms with E-state index in [0.717, 1.165) is 57.8 Å². The van der Waals surface area contributed by atoms with Gasteiger partial charge in [0.05, 0.1) is 12.2 Å². The number of nitrogens with zero attached hydrogens (tertiary/aromatic N) is 2. The Bertz CT molecular complexity index is 314. The van der Waals surface area contributed by atoms with Crippen LogP contribution in [-0.2, 0) is 4.74 Å². The van der Waals surface area contributed by atoms with Crippen molar-refractivity contribution in [2.24, 2.45) is 10.9 Å². The molecule has 0 aromatic carbocycles. The zero-order valence-corrected chi connectivity index (χ0v) is 14.9. The predicted octanol–water partition coefficient (Wildman–Crippen LogP) is 1.45. The molecule has 0 bridgehead atoms. The number of aliphatic hydroxyl groups is 1. The number of nitrogens with one attached hydrogen (secondary N) is 1. The lowest BCUT2D eigenvalue weighted by Gasteiger charge is -2.28. The number of ether oxygens (including phenoxy) is 1. The van der Waals surface area contributed by atoms with E-state index in [1.165, 1.54) is 0 Å². The summed E-state index contributed by atoms with van der Waals surface area (Å²) >= 11 is 0. The molecule has 1 heterocycles. The first kappa shape index (κ1) is 18.0. The largest absolute Gasteiger partial charge is 0.388 e. The molecule has 0 amide bonds. The number of hydrogen-bond acceptors (Lipinski definition) is 3. The van der Waals surface area contributed by atoms with E-state index >= 15 is 0 Å². The average molecular weight is 397 g/mol. The molecule has 0 aromatic rings. The van der Waals surface area contributed by atoms with Gasteiger partial charge in [0.1, 0.15) is 0 Å². The van der Waals surface area contributed by atoms with Crippen molar-refractivity contribution in [2.75, 3.05) is 40.4 Å². The highest BCUT2D eigenvalue weighted by atomic mass is 127. The van der Waals surface area contributed by atoms with Gasteiger partial charge in [0.25, 0.3) is 0 Å². The van der Waals surface area contributed by atoms with Crippen LogP contribution in [0.1, 0.15) is 32.1 Å². The highest BCUT2D eigenvalue weighted by Gasteiger charge is 2.31. The minimum atomic E-state index is -0.534. The number of guanidine groups is 1. The highest BCUT2D eigenvalue weighted by molar-refractivity contribution is 14.0. The third-order valence-corrected chi connectivity index (χ3v) is 4.24. The van der Waals surface area contributed by atoms with Crippen molar-refractivity contribution in [3.63, 3.8) is 0 Å². The Balaban J connectivity index is 0.00000200. The summed E-state index contributed by atoms with van der Waals surface area (Å²) in [6, 6.07) is 0. The van der Waals surface area contributed by atoms with Gasteiger partial charge in [0.15, 0.2) is 5.96 Å². The molecule has 20 heavy (non-hydrogen) atoms. The van der Waals surface area contributed by atoms with Crippen LogP contribution in [0.25, 0.3) is 0 Å². The minimum absolute atomic E-state index is 0. The second-order valence-corrected chi connectivity index (χ2v) is 5.94. The maximum Gasteiger partial charge on any atom is 0.193 e. The second-order valence-electron chi connectivity index (χ2n) is 5.94. The molecule has 1 saturated carbocycles. The third kappa shape index (κ3) is 5.04. The molecule has 0 spiro atoms. The van der Waals surface area contributed by atoms with Crippen molar-refractivity contribution >= 4 is 29.9 Å². The quantitative estimate of drug-likeness (QED) is 0.429. The van der Waals surface area contributed by atoms with Crippen molar-refractivity contribution in [1.29, 1.82) is 0 Å². The Morgan fingerprint density at radius 1 is 1.45 bits per heavy atom. The van der Waals surface area contributed by atoms with Crippen LogP contribution in [0.3, 0.4) is 0 Å². The fraction of sp³-hybridized carbons (Fsp3) is 0.929. The van der Waals surface area contributed by atoms with E-state index in [1.807, 2.05) is 7.05 Å². The van der Waals surface area contributed by atoms with Gasteiger partial charge >= 0.3 is 0 Å². The number of hydrogen-bond donors (Lipinski definition) is 2. The summed E-state index contributed by atoms with van der Waals surface area (Å²) in [5.41, 5.74) is -0.534. The van der Waals surface area contributed by atoms with Crippen molar-refractivity contribution in [1.82, 2.24) is 10.2 Å². The summed E-state index contributed by atoms with van der Waals surface area (Å²) in [4.78, 5) is 6.44. The van der Waals surface area contributed by atoms with E-state index in [-0.39, 0.29) is 24.0 Å². The Morgan fingerprint density at radius 3 is 2.70 bits per heavy atom. The van der Waals surface area contributed by atoms with E-state index < -0.39 is 5.60 Å². The lowest BCUT2D eigenvalue weighted by atomic mass is 10.0. The molecule has 6 heteroatoms. The minimum Gasteiger partial charge on any atom is -0.388 e. The number of aliphatic imine (C=N–C) groups is 1. The molecule has 118 valence electrons. The Kier molecular flexibility index (Phi) is 7.53. The van der Waals surface area contributed by atoms with Gasteiger partial charge in [-0.3, -0.25) is 4.99 Å². The van der Waals surface area contributed by atoms with Gasteiger partial charge in [-0.15, -0.1) is 24.0 Å². The van der Waals surface area contributed by atoms with Crippen molar-refractivity contribution in [2.45, 2.75) is 37.7 Å². The molecular weight excluding hydrogens is 369 g/mol. The molecule has 5 nitrogen and oxygen atoms in total. The molecular formula is C14H28IN3O2. The van der Waals surface area contributed by atoms with Crippen LogP contribution in [0.4, 0.5) is 0 Å². The average Bonchev–Trinajstić information content (AvgIpc) is 3.02. The molecule has 1 aliphatic heterocycles. The summed E-state index contributed by atoms with van der Waals surface area (Å²) in [7, 11) is 3.84. The summed E-state index contributed by atoms with van der Waals surface area (Å²) in [5, 5.41) is 13.7. The fourth-order valence-corrected chi connectivity index (χ4v) is 3.04. The van der Waals surface area contributed by atoms with E-state index in [0.29, 0.717) is 12.5 Å². The van der Waals surface area contributed by atoms with Crippen LogP contribution in [0.5, 0.6) is 0 Å². The molecule has 2 rings (SSSR count). The maximum absolute atomic E-state index is 10.3. The normalized spacial score (nSPS) is 25.4. The van der Waals surface area contributed by atoms with Gasteiger partial charge in [-0.25, -0.2) is 0 Å². The fourth-order valence-electron chi connectivity index (χ4n) is 3.04. The molecule has 0 aromatic heterocycles. The molecule has 1 atom stereocenters. The Labute approximate surface area is 139 Å². The van der Waals surface area contributed by atoms with Crippen molar-refractivity contribution in [3.8, 4) is 0 Å². The van der Waals surface area contributed by atoms with Crippen LogP contribution in [0, 0.1) is 5.92 Å². The molecule has 2 fully saturated rings. The van der Waals surface area contributed by atoms with Crippen LogP contribution in [-0.4, -0.2) is 62.0 Å². The molecule has 1 unspecified atom stereocenters. The van der Waals surface area contributed by atoms with Gasteiger partial charge in [-0.05, 0) is 19.3 Å². The van der Waals surface area contributed by atoms with Crippen LogP contribution < -0.4 is 5.32 Å². The third-order valence-electron chi connectivity index (χ3n) is 4.24. The summed E-state index contributed by atoms with van der Waals surface area (Å²) < 4.78 is 5.40. The number of rotatable bonds is 4. The Hall–Kier alpha value is -0.0800. The van der Waals surface area contributed by atoms with E-state index in [4.69, 9.17) is 4.74 Å². The van der Waals surface area contributed by atoms with Crippen LogP contribution in [0.15, 0.2) is 4.99 Å². The smallest absolute Gasteiger partial charge is 0.193 e. The summed E-state index contributed by atoms with van der Waals surface area (Å²) in [6.07, 6.45) is 5.19. The SMILES string of the molecule is CN=C(NCC1(O)CCCC1)N(C)CC1CCOC1.I. The van der Waals surface area contributed by atoms with Crippen molar-refractivity contribution < 1.29 is 9.84 Å². The second kappa shape index (κ2) is 8.38. The van der Waals surface area contributed by atoms with Gasteiger partial charge in [0.2, 0.25) is 0 Å². The molecule has 0 radical (unpaired) electrons. The number of halogens is 1. The van der Waals surface area contributed by atoms with Gasteiger partial charge < -0.3 is 20.1 Å². The molecule has 1 aliphatic carbocycles. The molecule has 1 saturated heterocycles. The first-order valence-electron chi connectivity index (χ1n) is 7.35. The van der Waals surface area contributed by atoms with Crippen LogP contribution in [0.2, 0.25) is 0 Å². The zero-order valence-electron chi connectivity index (χ0n) is 12.6. The van der Waals surface area contributed by atoms with Crippen molar-refractivity contribution in [3.05, 3.63) is 0 Å². The monoisotopic (exact) mass is 397 g/mol. The predicted molar refractivity (Wildman–Crippen MR) is 91.8 cm³/mol. The van der Waals surface area contributed by atoms with Gasteiger partial charge in [-0.1, -0.05) is 12.8 Å².